The van der Waals surface area contributed by atoms with Crippen LogP contribution >= 0.6 is 11.8 Å². The fourth-order valence-electron chi connectivity index (χ4n) is 2.21. The first-order valence-electron chi connectivity index (χ1n) is 7.29. The van der Waals surface area contributed by atoms with Crippen LogP contribution in [0.15, 0.2) is 48.7 Å². The maximum absolute atomic E-state index is 11.9. The summed E-state index contributed by atoms with van der Waals surface area (Å²) in [5, 5.41) is 1.56. The third-order valence-corrected chi connectivity index (χ3v) is 4.41. The van der Waals surface area contributed by atoms with Crippen molar-refractivity contribution in [2.75, 3.05) is 6.61 Å². The third kappa shape index (κ3) is 3.99. The van der Waals surface area contributed by atoms with Crippen LogP contribution in [0.3, 0.4) is 0 Å². The van der Waals surface area contributed by atoms with Crippen molar-refractivity contribution in [1.29, 1.82) is 0 Å². The van der Waals surface area contributed by atoms with E-state index < -0.39 is 5.25 Å². The Morgan fingerprint density at radius 2 is 1.96 bits per heavy atom. The maximum Gasteiger partial charge on any atom is 0.286 e. The van der Waals surface area contributed by atoms with Gasteiger partial charge in [-0.15, -0.1) is 0 Å². The van der Waals surface area contributed by atoms with E-state index in [4.69, 9.17) is 4.74 Å². The Balaban J connectivity index is 1.54. The average molecular weight is 342 g/mol. The van der Waals surface area contributed by atoms with E-state index in [-0.39, 0.29) is 23.5 Å². The normalized spacial score (nSPS) is 16.8. The number of thioether (sulfide) groups is 1. The molecule has 1 aromatic carbocycles. The number of benzene rings is 1. The molecule has 0 bridgehead atoms. The fourth-order valence-corrected chi connectivity index (χ4v) is 3.07. The number of aromatic nitrogens is 1. The van der Waals surface area contributed by atoms with Crippen LogP contribution in [0, 0.1) is 0 Å². The first kappa shape index (κ1) is 16.2. The predicted molar refractivity (Wildman–Crippen MR) is 89.1 cm³/mol. The minimum absolute atomic E-state index is 0.0915. The van der Waals surface area contributed by atoms with E-state index in [2.05, 4.69) is 10.3 Å². The van der Waals surface area contributed by atoms with E-state index in [1.54, 1.807) is 36.5 Å². The minimum Gasteiger partial charge on any atom is -0.485 e. The van der Waals surface area contributed by atoms with Crippen LogP contribution in [-0.4, -0.2) is 33.8 Å². The summed E-state index contributed by atoms with van der Waals surface area (Å²) in [7, 11) is 0. The van der Waals surface area contributed by atoms with Gasteiger partial charge >= 0.3 is 0 Å². The van der Waals surface area contributed by atoms with Gasteiger partial charge in [0.15, 0.2) is 6.61 Å². The molecule has 1 aliphatic heterocycles. The summed E-state index contributed by atoms with van der Waals surface area (Å²) in [6.07, 6.45) is 2.03. The smallest absolute Gasteiger partial charge is 0.286 e. The van der Waals surface area contributed by atoms with E-state index in [1.165, 1.54) is 0 Å². The molecule has 1 aromatic heterocycles. The van der Waals surface area contributed by atoms with Crippen molar-refractivity contribution in [3.63, 3.8) is 0 Å². The lowest BCUT2D eigenvalue weighted by atomic mass is 10.1. The Morgan fingerprint density at radius 3 is 2.58 bits per heavy atom. The second-order valence-electron chi connectivity index (χ2n) is 5.16. The van der Waals surface area contributed by atoms with Crippen molar-refractivity contribution in [1.82, 2.24) is 10.3 Å². The predicted octanol–water partition coefficient (Wildman–Crippen LogP) is 2.24. The van der Waals surface area contributed by atoms with Crippen molar-refractivity contribution in [3.05, 3.63) is 59.9 Å². The molecule has 2 amide bonds. The number of pyridine rings is 1. The molecular formula is C17H14N2O4S. The molecule has 1 saturated heterocycles. The number of nitrogens with zero attached hydrogens (tertiary/aromatic N) is 1. The number of ketones is 1. The molecule has 1 N–H and O–H groups in total. The van der Waals surface area contributed by atoms with Crippen molar-refractivity contribution < 1.29 is 19.1 Å². The number of hydrogen-bond acceptors (Lipinski definition) is 6. The van der Waals surface area contributed by atoms with Gasteiger partial charge in [0.2, 0.25) is 11.7 Å². The maximum atomic E-state index is 11.9. The first-order chi connectivity index (χ1) is 11.6. The van der Waals surface area contributed by atoms with Gasteiger partial charge in [0.1, 0.15) is 11.4 Å². The average Bonchev–Trinajstić information content (AvgIpc) is 2.92. The summed E-state index contributed by atoms with van der Waals surface area (Å²) in [6, 6.07) is 12.2. The van der Waals surface area contributed by atoms with Gasteiger partial charge in [-0.25, -0.2) is 0 Å². The standard InChI is InChI=1S/C17H14N2O4S/c20-14(13-3-1-2-8-18-13)10-23-12-6-4-11(5-7-12)9-15-16(21)19-17(22)24-15/h1-8,15H,9-10H2,(H,19,21,22)/t15-/m0/s1. The van der Waals surface area contributed by atoms with Gasteiger partial charge in [-0.3, -0.25) is 24.7 Å². The van der Waals surface area contributed by atoms with Crippen molar-refractivity contribution in [2.24, 2.45) is 0 Å². The monoisotopic (exact) mass is 342 g/mol. The second kappa shape index (κ2) is 7.27. The molecule has 3 rings (SSSR count). The lowest BCUT2D eigenvalue weighted by Crippen LogP contribution is -2.25. The summed E-state index contributed by atoms with van der Waals surface area (Å²) < 4.78 is 5.46. The number of ether oxygens (including phenoxy) is 1. The third-order valence-electron chi connectivity index (χ3n) is 3.43. The van der Waals surface area contributed by atoms with Crippen molar-refractivity contribution >= 4 is 28.7 Å². The lowest BCUT2D eigenvalue weighted by molar-refractivity contribution is -0.118. The van der Waals surface area contributed by atoms with Crippen LogP contribution in [0.1, 0.15) is 16.1 Å². The van der Waals surface area contributed by atoms with E-state index in [1.807, 2.05) is 12.1 Å². The summed E-state index contributed by atoms with van der Waals surface area (Å²) in [4.78, 5) is 38.6. The van der Waals surface area contributed by atoms with Gasteiger partial charge in [-0.1, -0.05) is 30.0 Å². The Hall–Kier alpha value is -2.67. The van der Waals surface area contributed by atoms with Crippen LogP contribution in [0.5, 0.6) is 5.75 Å². The van der Waals surface area contributed by atoms with Gasteiger partial charge in [0.05, 0.1) is 5.25 Å². The molecule has 1 fully saturated rings. The van der Waals surface area contributed by atoms with Gasteiger partial charge in [-0.05, 0) is 36.2 Å². The molecule has 2 heterocycles. The number of hydrogen-bond donors (Lipinski definition) is 1. The van der Waals surface area contributed by atoms with E-state index in [9.17, 15) is 14.4 Å². The fraction of sp³-hybridized carbons (Fsp3) is 0.176. The number of imide groups is 1. The number of nitrogens with one attached hydrogen (secondary N) is 1. The zero-order valence-electron chi connectivity index (χ0n) is 12.6. The molecule has 122 valence electrons. The van der Waals surface area contributed by atoms with Gasteiger partial charge in [-0.2, -0.15) is 0 Å². The zero-order chi connectivity index (χ0) is 16.9. The molecule has 0 unspecified atom stereocenters. The summed E-state index contributed by atoms with van der Waals surface area (Å²) in [6.45, 7) is -0.0915. The number of rotatable bonds is 6. The number of Topliss-reactive ketones (excluding diaryl/α,β-unsaturated/α-hetero) is 1. The summed E-state index contributed by atoms with van der Waals surface area (Å²) in [5.41, 5.74) is 1.28. The molecule has 1 aliphatic rings. The molecule has 0 saturated carbocycles. The highest BCUT2D eigenvalue weighted by Crippen LogP contribution is 2.23. The quantitative estimate of drug-likeness (QED) is 0.811. The van der Waals surface area contributed by atoms with E-state index >= 15 is 0 Å². The molecule has 0 radical (unpaired) electrons. The topological polar surface area (TPSA) is 85.4 Å². The number of carbonyl (C=O) groups excluding carboxylic acids is 3. The number of amides is 2. The van der Waals surface area contributed by atoms with Crippen LogP contribution in [0.25, 0.3) is 0 Å². The van der Waals surface area contributed by atoms with Crippen molar-refractivity contribution in [2.45, 2.75) is 11.7 Å². The second-order valence-corrected chi connectivity index (χ2v) is 6.33. The Labute approximate surface area is 142 Å². The minimum atomic E-state index is -0.394. The molecule has 7 heteroatoms. The first-order valence-corrected chi connectivity index (χ1v) is 8.17. The van der Waals surface area contributed by atoms with Gasteiger partial charge < -0.3 is 4.74 Å². The molecule has 0 aliphatic carbocycles. The van der Waals surface area contributed by atoms with E-state index in [0.29, 0.717) is 17.9 Å². The van der Waals surface area contributed by atoms with Crippen LogP contribution in [-0.2, 0) is 11.2 Å². The molecule has 24 heavy (non-hydrogen) atoms. The van der Waals surface area contributed by atoms with Crippen LogP contribution in [0.4, 0.5) is 4.79 Å². The van der Waals surface area contributed by atoms with Crippen molar-refractivity contribution in [3.8, 4) is 5.75 Å². The molecular weight excluding hydrogens is 328 g/mol. The lowest BCUT2D eigenvalue weighted by Gasteiger charge is -2.08. The Bertz CT molecular complexity index is 762. The highest BCUT2D eigenvalue weighted by Gasteiger charge is 2.31. The van der Waals surface area contributed by atoms with Crippen LogP contribution < -0.4 is 10.1 Å². The molecule has 6 nitrogen and oxygen atoms in total. The Morgan fingerprint density at radius 1 is 1.17 bits per heavy atom. The molecule has 1 atom stereocenters. The van der Waals surface area contributed by atoms with Crippen LogP contribution in [0.2, 0.25) is 0 Å². The summed E-state index contributed by atoms with van der Waals surface area (Å²) in [5.74, 6) is 0.103. The van der Waals surface area contributed by atoms with Gasteiger partial charge in [0, 0.05) is 6.20 Å². The Kier molecular flexibility index (Phi) is 4.90. The highest BCUT2D eigenvalue weighted by molar-refractivity contribution is 8.15. The SMILES string of the molecule is O=C1NC(=O)[C@H](Cc2ccc(OCC(=O)c3ccccn3)cc2)S1. The number of carbonyl (C=O) groups is 3. The highest BCUT2D eigenvalue weighted by atomic mass is 32.2. The molecule has 2 aromatic rings. The largest absolute Gasteiger partial charge is 0.485 e. The summed E-state index contributed by atoms with van der Waals surface area (Å²) >= 11 is 1.00. The van der Waals surface area contributed by atoms with E-state index in [0.717, 1.165) is 17.3 Å². The zero-order valence-corrected chi connectivity index (χ0v) is 13.4. The molecule has 0 spiro atoms. The van der Waals surface area contributed by atoms with Gasteiger partial charge in [0.25, 0.3) is 5.24 Å².